The molecule has 2 aromatic carbocycles. The number of amides is 5. The van der Waals surface area contributed by atoms with Crippen LogP contribution in [-0.2, 0) is 21.5 Å². The first-order chi connectivity index (χ1) is 15.4. The van der Waals surface area contributed by atoms with Gasteiger partial charge in [0.2, 0.25) is 5.91 Å². The number of hydrogen-bond donors (Lipinski definition) is 2. The summed E-state index contributed by atoms with van der Waals surface area (Å²) < 4.78 is 0. The maximum absolute atomic E-state index is 13.2. The molecule has 0 aromatic heterocycles. The third-order valence-electron chi connectivity index (χ3n) is 6.17. The highest BCUT2D eigenvalue weighted by Crippen LogP contribution is 2.41. The molecule has 1 saturated heterocycles. The second kappa shape index (κ2) is 8.45. The molecule has 2 N–H and O–H groups in total. The Morgan fingerprint density at radius 2 is 1.84 bits per heavy atom. The molecule has 5 amide bonds. The Balaban J connectivity index is 1.46. The summed E-state index contributed by atoms with van der Waals surface area (Å²) in [5.41, 5.74) is 1.62. The number of urea groups is 1. The molecule has 4 rings (SSSR count). The fraction of sp³-hybridized carbons (Fsp3) is 0.333. The molecule has 1 atom stereocenters. The van der Waals surface area contributed by atoms with Crippen molar-refractivity contribution >= 4 is 29.4 Å². The number of aryl methyl sites for hydroxylation is 1. The van der Waals surface area contributed by atoms with Crippen LogP contribution in [0, 0.1) is 0 Å². The molecule has 1 fully saturated rings. The molecule has 2 aromatic rings. The Kier molecular flexibility index (Phi) is 5.69. The number of carbonyl (C=O) groups excluding carboxylic acids is 4. The Morgan fingerprint density at radius 1 is 1.09 bits per heavy atom. The van der Waals surface area contributed by atoms with Gasteiger partial charge in [-0.2, -0.15) is 0 Å². The number of benzene rings is 2. The molecule has 32 heavy (non-hydrogen) atoms. The summed E-state index contributed by atoms with van der Waals surface area (Å²) in [6, 6.07) is 13.6. The summed E-state index contributed by atoms with van der Waals surface area (Å²) in [5.74, 6) is -1.04. The predicted octanol–water partition coefficient (Wildman–Crippen LogP) is 2.50. The Labute approximate surface area is 186 Å². The van der Waals surface area contributed by atoms with Gasteiger partial charge >= 0.3 is 6.03 Å². The SMILES string of the molecule is CCN(CC)C(=O)c1cccc(NC(=O)CN2C(=O)N[C@]3(CCc4ccccc43)C2=O)c1. The van der Waals surface area contributed by atoms with Crippen LogP contribution in [0.4, 0.5) is 10.5 Å². The number of anilines is 1. The van der Waals surface area contributed by atoms with E-state index in [0.29, 0.717) is 37.2 Å². The summed E-state index contributed by atoms with van der Waals surface area (Å²) in [6.07, 6.45) is 1.17. The van der Waals surface area contributed by atoms with Crippen molar-refractivity contribution in [2.45, 2.75) is 32.2 Å². The van der Waals surface area contributed by atoms with E-state index < -0.39 is 29.9 Å². The van der Waals surface area contributed by atoms with Gasteiger partial charge in [-0.1, -0.05) is 30.3 Å². The van der Waals surface area contributed by atoms with E-state index in [1.165, 1.54) is 0 Å². The first-order valence-electron chi connectivity index (χ1n) is 10.8. The monoisotopic (exact) mass is 434 g/mol. The summed E-state index contributed by atoms with van der Waals surface area (Å²) in [7, 11) is 0. The molecular weight excluding hydrogens is 408 g/mol. The zero-order valence-corrected chi connectivity index (χ0v) is 18.2. The van der Waals surface area contributed by atoms with Gasteiger partial charge in [0, 0.05) is 24.3 Å². The molecule has 2 aliphatic rings. The average Bonchev–Trinajstić information content (AvgIpc) is 3.28. The van der Waals surface area contributed by atoms with Crippen LogP contribution in [0.15, 0.2) is 48.5 Å². The molecule has 0 bridgehead atoms. The zero-order valence-electron chi connectivity index (χ0n) is 18.2. The minimum Gasteiger partial charge on any atom is -0.339 e. The van der Waals surface area contributed by atoms with E-state index in [1.807, 2.05) is 38.1 Å². The summed E-state index contributed by atoms with van der Waals surface area (Å²) in [5, 5.41) is 5.51. The summed E-state index contributed by atoms with van der Waals surface area (Å²) >= 11 is 0. The molecule has 1 aliphatic heterocycles. The largest absolute Gasteiger partial charge is 0.339 e. The lowest BCUT2D eigenvalue weighted by Crippen LogP contribution is -2.43. The first-order valence-corrected chi connectivity index (χ1v) is 10.8. The molecule has 8 heteroatoms. The number of hydrogen-bond acceptors (Lipinski definition) is 4. The van der Waals surface area contributed by atoms with E-state index >= 15 is 0 Å². The standard InChI is InChI=1S/C24H26N4O4/c1-3-27(4-2)21(30)17-9-7-10-18(14-17)25-20(29)15-28-22(31)24(26-23(28)32)13-12-16-8-5-6-11-19(16)24/h5-11,14H,3-4,12-13,15H2,1-2H3,(H,25,29)(H,26,32)/t24-/m0/s1. The maximum Gasteiger partial charge on any atom is 0.325 e. The van der Waals surface area contributed by atoms with E-state index in [2.05, 4.69) is 10.6 Å². The van der Waals surface area contributed by atoms with Crippen LogP contribution >= 0.6 is 0 Å². The number of rotatable bonds is 6. The van der Waals surface area contributed by atoms with Crippen molar-refractivity contribution in [2.75, 3.05) is 25.0 Å². The number of imide groups is 1. The molecule has 1 aliphatic carbocycles. The second-order valence-electron chi connectivity index (χ2n) is 7.99. The van der Waals surface area contributed by atoms with Gasteiger partial charge in [0.1, 0.15) is 12.1 Å². The zero-order chi connectivity index (χ0) is 22.9. The van der Waals surface area contributed by atoms with Gasteiger partial charge in [-0.15, -0.1) is 0 Å². The minimum atomic E-state index is -1.09. The van der Waals surface area contributed by atoms with E-state index in [9.17, 15) is 19.2 Å². The molecule has 0 unspecified atom stereocenters. The third-order valence-corrected chi connectivity index (χ3v) is 6.17. The lowest BCUT2D eigenvalue weighted by molar-refractivity contribution is -0.134. The highest BCUT2D eigenvalue weighted by Gasteiger charge is 2.55. The highest BCUT2D eigenvalue weighted by molar-refractivity contribution is 6.11. The first kappa shape index (κ1) is 21.5. The molecule has 1 heterocycles. The van der Waals surface area contributed by atoms with E-state index in [-0.39, 0.29) is 5.91 Å². The smallest absolute Gasteiger partial charge is 0.325 e. The molecule has 166 valence electrons. The van der Waals surface area contributed by atoms with Crippen LogP contribution in [0.1, 0.15) is 41.8 Å². The quantitative estimate of drug-likeness (QED) is 0.683. The third kappa shape index (κ3) is 3.62. The van der Waals surface area contributed by atoms with Gasteiger partial charge in [0.25, 0.3) is 11.8 Å². The van der Waals surface area contributed by atoms with Crippen LogP contribution in [0.5, 0.6) is 0 Å². The molecule has 0 radical (unpaired) electrons. The lowest BCUT2D eigenvalue weighted by atomic mass is 9.92. The van der Waals surface area contributed by atoms with Crippen LogP contribution in [-0.4, -0.2) is 53.2 Å². The van der Waals surface area contributed by atoms with Crippen molar-refractivity contribution in [2.24, 2.45) is 0 Å². The fourth-order valence-electron chi connectivity index (χ4n) is 4.50. The van der Waals surface area contributed by atoms with Crippen molar-refractivity contribution < 1.29 is 19.2 Å². The minimum absolute atomic E-state index is 0.123. The van der Waals surface area contributed by atoms with E-state index in [4.69, 9.17) is 0 Å². The van der Waals surface area contributed by atoms with Gasteiger partial charge < -0.3 is 15.5 Å². The van der Waals surface area contributed by atoms with Gasteiger partial charge in [0.15, 0.2) is 0 Å². The van der Waals surface area contributed by atoms with Gasteiger partial charge in [-0.05, 0) is 56.0 Å². The van der Waals surface area contributed by atoms with Crippen molar-refractivity contribution in [3.8, 4) is 0 Å². The van der Waals surface area contributed by atoms with Crippen molar-refractivity contribution in [3.63, 3.8) is 0 Å². The molecule has 1 spiro atoms. The Morgan fingerprint density at radius 3 is 2.59 bits per heavy atom. The Hall–Kier alpha value is -3.68. The maximum atomic E-state index is 13.2. The van der Waals surface area contributed by atoms with Gasteiger partial charge in [-0.25, -0.2) is 4.79 Å². The van der Waals surface area contributed by atoms with Crippen LogP contribution in [0.25, 0.3) is 0 Å². The highest BCUT2D eigenvalue weighted by atomic mass is 16.2. The fourth-order valence-corrected chi connectivity index (χ4v) is 4.50. The van der Waals surface area contributed by atoms with Crippen molar-refractivity contribution in [1.82, 2.24) is 15.1 Å². The molecular formula is C24H26N4O4. The van der Waals surface area contributed by atoms with Gasteiger partial charge in [-0.3, -0.25) is 19.3 Å². The normalized spacial score (nSPS) is 19.1. The number of carbonyl (C=O) groups is 4. The Bertz CT molecular complexity index is 1090. The lowest BCUT2D eigenvalue weighted by Gasteiger charge is -2.22. The van der Waals surface area contributed by atoms with E-state index in [0.717, 1.165) is 16.0 Å². The topological polar surface area (TPSA) is 98.8 Å². The number of nitrogens with one attached hydrogen (secondary N) is 2. The van der Waals surface area contributed by atoms with E-state index in [1.54, 1.807) is 29.2 Å². The van der Waals surface area contributed by atoms with Crippen molar-refractivity contribution in [3.05, 3.63) is 65.2 Å². The van der Waals surface area contributed by atoms with Crippen LogP contribution in [0.2, 0.25) is 0 Å². The van der Waals surface area contributed by atoms with Crippen molar-refractivity contribution in [1.29, 1.82) is 0 Å². The number of nitrogens with zero attached hydrogens (tertiary/aromatic N) is 2. The summed E-state index contributed by atoms with van der Waals surface area (Å²) in [4.78, 5) is 53.6. The van der Waals surface area contributed by atoms with Crippen LogP contribution in [0.3, 0.4) is 0 Å². The van der Waals surface area contributed by atoms with Gasteiger partial charge in [0.05, 0.1) is 0 Å². The predicted molar refractivity (Wildman–Crippen MR) is 119 cm³/mol. The molecule has 0 saturated carbocycles. The average molecular weight is 434 g/mol. The summed E-state index contributed by atoms with van der Waals surface area (Å²) in [6.45, 7) is 4.58. The van der Waals surface area contributed by atoms with Crippen LogP contribution < -0.4 is 10.6 Å². The number of fused-ring (bicyclic) bond motifs is 2. The second-order valence-corrected chi connectivity index (χ2v) is 7.99. The molecule has 8 nitrogen and oxygen atoms in total.